The number of halogens is 1. The normalized spacial score (nSPS) is 14.3. The van der Waals surface area contributed by atoms with Crippen molar-refractivity contribution in [2.75, 3.05) is 20.3 Å². The number of hydrogen-bond donors (Lipinski definition) is 4. The van der Waals surface area contributed by atoms with Gasteiger partial charge in [0.05, 0.1) is 40.7 Å². The predicted molar refractivity (Wildman–Crippen MR) is 175 cm³/mol. The highest BCUT2D eigenvalue weighted by atomic mass is 127. The number of carboxylic acid groups (broad SMARTS) is 1. The summed E-state index contributed by atoms with van der Waals surface area (Å²) < 4.78 is 22.9. The summed E-state index contributed by atoms with van der Waals surface area (Å²) in [5.74, 6) is -0.859. The second kappa shape index (κ2) is 15.7. The van der Waals surface area contributed by atoms with Crippen LogP contribution in [0.1, 0.15) is 46.9 Å². The van der Waals surface area contributed by atoms with E-state index in [4.69, 9.17) is 24.1 Å². The van der Waals surface area contributed by atoms with Crippen LogP contribution in [0.2, 0.25) is 0 Å². The SMILES string of the molecule is CCOC(=O)C1=C(C)NC(=O)N[C@@H]1c1ccc(OCC(=O)N/N=C\c2ccc(OCc3ccc(C(=O)O)cc3)c(I)c2)c(OC)c1. The lowest BCUT2D eigenvalue weighted by Gasteiger charge is -2.28. The van der Waals surface area contributed by atoms with E-state index in [0.717, 1.165) is 14.7 Å². The number of carbonyl (C=O) groups is 4. The molecule has 0 unspecified atom stereocenters. The lowest BCUT2D eigenvalue weighted by molar-refractivity contribution is -0.139. The highest BCUT2D eigenvalue weighted by Gasteiger charge is 2.32. The molecule has 14 heteroatoms. The van der Waals surface area contributed by atoms with E-state index >= 15 is 0 Å². The number of methoxy groups -OCH3 is 1. The average Bonchev–Trinajstić information content (AvgIpc) is 3.03. The third kappa shape index (κ3) is 8.74. The molecule has 1 aliphatic rings. The molecule has 1 aliphatic heterocycles. The Morgan fingerprint density at radius 1 is 1.02 bits per heavy atom. The number of hydrazone groups is 1. The Bertz CT molecular complexity index is 1690. The van der Waals surface area contributed by atoms with E-state index < -0.39 is 29.9 Å². The molecule has 4 rings (SSSR count). The summed E-state index contributed by atoms with van der Waals surface area (Å²) in [6.45, 7) is 3.40. The summed E-state index contributed by atoms with van der Waals surface area (Å²) in [5, 5.41) is 18.3. The fourth-order valence-electron chi connectivity index (χ4n) is 4.38. The Morgan fingerprint density at radius 3 is 2.43 bits per heavy atom. The minimum Gasteiger partial charge on any atom is -0.493 e. The van der Waals surface area contributed by atoms with Gasteiger partial charge < -0.3 is 34.7 Å². The molecule has 13 nitrogen and oxygen atoms in total. The molecular formula is C32H31IN4O9. The van der Waals surface area contributed by atoms with Gasteiger partial charge in [-0.15, -0.1) is 0 Å². The third-order valence-electron chi connectivity index (χ3n) is 6.60. The van der Waals surface area contributed by atoms with Crippen molar-refractivity contribution in [1.82, 2.24) is 16.1 Å². The van der Waals surface area contributed by atoms with E-state index in [-0.39, 0.29) is 42.5 Å². The molecule has 0 fully saturated rings. The number of rotatable bonds is 13. The fraction of sp³-hybridized carbons (Fsp3) is 0.219. The maximum absolute atomic E-state index is 12.6. The molecule has 0 radical (unpaired) electrons. The number of aromatic carboxylic acids is 1. The van der Waals surface area contributed by atoms with Crippen LogP contribution in [-0.4, -0.2) is 55.5 Å². The van der Waals surface area contributed by atoms with Gasteiger partial charge in [0.25, 0.3) is 5.91 Å². The Morgan fingerprint density at radius 2 is 1.76 bits per heavy atom. The van der Waals surface area contributed by atoms with Gasteiger partial charge in [-0.3, -0.25) is 4.79 Å². The first-order chi connectivity index (χ1) is 22.1. The zero-order valence-corrected chi connectivity index (χ0v) is 27.2. The summed E-state index contributed by atoms with van der Waals surface area (Å²) in [6.07, 6.45) is 1.48. The molecular weight excluding hydrogens is 711 g/mol. The van der Waals surface area contributed by atoms with Crippen LogP contribution < -0.4 is 30.3 Å². The third-order valence-corrected chi connectivity index (χ3v) is 7.44. The van der Waals surface area contributed by atoms with E-state index in [9.17, 15) is 19.2 Å². The van der Waals surface area contributed by atoms with E-state index in [1.165, 1.54) is 25.5 Å². The summed E-state index contributed by atoms with van der Waals surface area (Å²) in [6, 6.07) is 15.4. The largest absolute Gasteiger partial charge is 0.493 e. The summed E-state index contributed by atoms with van der Waals surface area (Å²) in [4.78, 5) is 48.2. The van der Waals surface area contributed by atoms with Crippen LogP contribution >= 0.6 is 22.6 Å². The molecule has 1 atom stereocenters. The maximum atomic E-state index is 12.6. The first-order valence-electron chi connectivity index (χ1n) is 13.9. The minimum atomic E-state index is -0.986. The van der Waals surface area contributed by atoms with Crippen molar-refractivity contribution in [3.8, 4) is 17.2 Å². The lowest BCUT2D eigenvalue weighted by atomic mass is 9.95. The van der Waals surface area contributed by atoms with Crippen LogP contribution in [0.15, 0.2) is 77.0 Å². The number of urea groups is 1. The molecule has 0 saturated heterocycles. The van der Waals surface area contributed by atoms with Gasteiger partial charge in [-0.05, 0) is 95.6 Å². The molecule has 240 valence electrons. The maximum Gasteiger partial charge on any atom is 0.338 e. The Balaban J connectivity index is 1.32. The van der Waals surface area contributed by atoms with Crippen molar-refractivity contribution in [2.45, 2.75) is 26.5 Å². The van der Waals surface area contributed by atoms with E-state index in [1.807, 2.05) is 6.07 Å². The number of carboxylic acids is 1. The van der Waals surface area contributed by atoms with Crippen LogP contribution in [0.3, 0.4) is 0 Å². The van der Waals surface area contributed by atoms with E-state index in [2.05, 4.69) is 43.8 Å². The number of carbonyl (C=O) groups excluding carboxylic acids is 3. The van der Waals surface area contributed by atoms with Crippen molar-refractivity contribution < 1.29 is 43.2 Å². The molecule has 0 aromatic heterocycles. The fourth-order valence-corrected chi connectivity index (χ4v) is 5.07. The van der Waals surface area contributed by atoms with Gasteiger partial charge in [-0.25, -0.2) is 19.8 Å². The monoisotopic (exact) mass is 742 g/mol. The van der Waals surface area contributed by atoms with Crippen molar-refractivity contribution in [3.05, 3.63) is 97.8 Å². The highest BCUT2D eigenvalue weighted by molar-refractivity contribution is 14.1. The number of nitrogens with one attached hydrogen (secondary N) is 3. The van der Waals surface area contributed by atoms with Gasteiger partial charge in [-0.1, -0.05) is 18.2 Å². The molecule has 0 spiro atoms. The molecule has 0 bridgehead atoms. The second-order valence-electron chi connectivity index (χ2n) is 9.76. The summed E-state index contributed by atoms with van der Waals surface area (Å²) in [5.41, 5.74) is 5.36. The molecule has 46 heavy (non-hydrogen) atoms. The molecule has 0 saturated carbocycles. The molecule has 4 N–H and O–H groups in total. The van der Waals surface area contributed by atoms with Gasteiger partial charge in [0.1, 0.15) is 12.4 Å². The first kappa shape index (κ1) is 33.8. The summed E-state index contributed by atoms with van der Waals surface area (Å²) in [7, 11) is 1.43. The second-order valence-corrected chi connectivity index (χ2v) is 10.9. The highest BCUT2D eigenvalue weighted by Crippen LogP contribution is 2.34. The van der Waals surface area contributed by atoms with Gasteiger partial charge in [-0.2, -0.15) is 5.10 Å². The lowest BCUT2D eigenvalue weighted by Crippen LogP contribution is -2.45. The Kier molecular flexibility index (Phi) is 11.6. The van der Waals surface area contributed by atoms with Crippen molar-refractivity contribution in [3.63, 3.8) is 0 Å². The van der Waals surface area contributed by atoms with Gasteiger partial charge >= 0.3 is 18.0 Å². The van der Waals surface area contributed by atoms with E-state index in [1.54, 1.807) is 56.3 Å². The Hall–Kier alpha value is -5.12. The standard InChI is InChI=1S/C32H31IN4O9/c1-4-44-31(41)28-18(2)35-32(42)36-29(28)22-10-12-25(26(14-22)43-3)46-17-27(38)37-34-15-20-7-11-24(23(33)13-20)45-16-19-5-8-21(9-6-19)30(39)40/h5-15,29H,4,16-17H2,1-3H3,(H,37,38)(H,39,40)(H2,35,36,42)/b34-15-/t29-/m1/s1. The number of nitrogens with zero attached hydrogens (tertiary/aromatic N) is 1. The topological polar surface area (TPSA) is 174 Å². The minimum absolute atomic E-state index is 0.175. The molecule has 0 aliphatic carbocycles. The number of ether oxygens (including phenoxy) is 4. The molecule has 3 aromatic rings. The number of allylic oxidation sites excluding steroid dienone is 1. The van der Waals surface area contributed by atoms with Crippen LogP contribution in [0.4, 0.5) is 4.79 Å². The number of hydrogen-bond acceptors (Lipinski definition) is 9. The zero-order chi connectivity index (χ0) is 33.2. The predicted octanol–water partition coefficient (Wildman–Crippen LogP) is 4.30. The number of esters is 1. The van der Waals surface area contributed by atoms with Crippen LogP contribution in [0, 0.1) is 3.57 Å². The number of benzene rings is 3. The smallest absolute Gasteiger partial charge is 0.338 e. The van der Waals surface area contributed by atoms with Crippen LogP contribution in [-0.2, 0) is 20.9 Å². The van der Waals surface area contributed by atoms with Crippen LogP contribution in [0.5, 0.6) is 17.2 Å². The Labute approximate surface area is 278 Å². The average molecular weight is 743 g/mol. The van der Waals surface area contributed by atoms with Crippen molar-refractivity contribution in [1.29, 1.82) is 0 Å². The van der Waals surface area contributed by atoms with Crippen molar-refractivity contribution >= 4 is 52.7 Å². The van der Waals surface area contributed by atoms with E-state index in [0.29, 0.717) is 17.0 Å². The molecule has 1 heterocycles. The molecule has 3 aromatic carbocycles. The first-order valence-corrected chi connectivity index (χ1v) is 15.0. The zero-order valence-electron chi connectivity index (χ0n) is 25.1. The van der Waals surface area contributed by atoms with Crippen LogP contribution in [0.25, 0.3) is 0 Å². The van der Waals surface area contributed by atoms with Gasteiger partial charge in [0.2, 0.25) is 0 Å². The van der Waals surface area contributed by atoms with Gasteiger partial charge in [0, 0.05) is 5.70 Å². The van der Waals surface area contributed by atoms with Gasteiger partial charge in [0.15, 0.2) is 18.1 Å². The molecule has 3 amide bonds. The van der Waals surface area contributed by atoms with Crippen molar-refractivity contribution in [2.24, 2.45) is 5.10 Å². The number of amides is 3. The quantitative estimate of drug-likeness (QED) is 0.0863. The summed E-state index contributed by atoms with van der Waals surface area (Å²) >= 11 is 2.13.